The highest BCUT2D eigenvalue weighted by Gasteiger charge is 2.18. The van der Waals surface area contributed by atoms with Gasteiger partial charge in [-0.2, -0.15) is 0 Å². The lowest BCUT2D eigenvalue weighted by Gasteiger charge is -2.32. The van der Waals surface area contributed by atoms with Crippen LogP contribution in [0.5, 0.6) is 0 Å². The van der Waals surface area contributed by atoms with E-state index in [1.807, 2.05) is 0 Å². The smallest absolute Gasteiger partial charge is 0.0837 e. The predicted octanol–water partition coefficient (Wildman–Crippen LogP) is 1.97. The van der Waals surface area contributed by atoms with Crippen LogP contribution in [-0.2, 0) is 4.74 Å². The maximum absolute atomic E-state index is 5.76. The molecule has 0 bridgehead atoms. The van der Waals surface area contributed by atoms with E-state index in [-0.39, 0.29) is 6.10 Å². The maximum atomic E-state index is 5.76. The summed E-state index contributed by atoms with van der Waals surface area (Å²) in [4.78, 5) is 2.45. The lowest BCUT2D eigenvalue weighted by molar-refractivity contribution is -0.0175. The van der Waals surface area contributed by atoms with E-state index in [0.717, 1.165) is 25.6 Å². The molecule has 0 aromatic heterocycles. The van der Waals surface area contributed by atoms with Crippen LogP contribution in [0.25, 0.3) is 0 Å². The number of nitrogens with zero attached hydrogens (tertiary/aromatic N) is 1. The van der Waals surface area contributed by atoms with Crippen LogP contribution in [0.1, 0.15) is 20.3 Å². The first-order valence-corrected chi connectivity index (χ1v) is 5.65. The zero-order valence-corrected chi connectivity index (χ0v) is 9.39. The summed E-state index contributed by atoms with van der Waals surface area (Å²) in [6, 6.07) is 0. The SMILES string of the molecule is CC(C)CCN1CCOC(CCl)C1. The summed E-state index contributed by atoms with van der Waals surface area (Å²) in [5.74, 6) is 1.41. The van der Waals surface area contributed by atoms with E-state index < -0.39 is 0 Å². The molecule has 0 aliphatic carbocycles. The third-order valence-electron chi connectivity index (χ3n) is 2.42. The largest absolute Gasteiger partial charge is 0.374 e. The monoisotopic (exact) mass is 205 g/mol. The molecule has 1 rings (SSSR count). The molecule has 0 aromatic carbocycles. The molecule has 0 radical (unpaired) electrons. The Balaban J connectivity index is 2.18. The molecule has 1 fully saturated rings. The van der Waals surface area contributed by atoms with Gasteiger partial charge in [0.2, 0.25) is 0 Å². The average molecular weight is 206 g/mol. The van der Waals surface area contributed by atoms with Gasteiger partial charge in [0, 0.05) is 19.0 Å². The average Bonchev–Trinajstić information content (AvgIpc) is 2.15. The van der Waals surface area contributed by atoms with Crippen LogP contribution >= 0.6 is 11.6 Å². The van der Waals surface area contributed by atoms with Gasteiger partial charge in [-0.05, 0) is 18.9 Å². The predicted molar refractivity (Wildman–Crippen MR) is 56.4 cm³/mol. The first-order valence-electron chi connectivity index (χ1n) is 5.12. The Morgan fingerprint density at radius 2 is 2.31 bits per heavy atom. The fourth-order valence-corrected chi connectivity index (χ4v) is 1.70. The van der Waals surface area contributed by atoms with Crippen molar-refractivity contribution in [3.63, 3.8) is 0 Å². The van der Waals surface area contributed by atoms with Gasteiger partial charge in [0.15, 0.2) is 0 Å². The van der Waals surface area contributed by atoms with Crippen molar-refractivity contribution in [3.8, 4) is 0 Å². The summed E-state index contributed by atoms with van der Waals surface area (Å²) in [5.41, 5.74) is 0. The Bertz CT molecular complexity index is 141. The van der Waals surface area contributed by atoms with E-state index in [4.69, 9.17) is 16.3 Å². The highest BCUT2D eigenvalue weighted by atomic mass is 35.5. The molecule has 13 heavy (non-hydrogen) atoms. The van der Waals surface area contributed by atoms with Crippen molar-refractivity contribution in [1.82, 2.24) is 4.90 Å². The number of rotatable bonds is 4. The molecule has 0 aromatic rings. The second-order valence-electron chi connectivity index (χ2n) is 4.13. The Morgan fingerprint density at radius 3 is 2.92 bits per heavy atom. The fourth-order valence-electron chi connectivity index (χ4n) is 1.52. The summed E-state index contributed by atoms with van der Waals surface area (Å²) < 4.78 is 5.49. The minimum atomic E-state index is 0.252. The van der Waals surface area contributed by atoms with Crippen molar-refractivity contribution >= 4 is 11.6 Å². The second-order valence-corrected chi connectivity index (χ2v) is 4.44. The molecule has 78 valence electrons. The number of alkyl halides is 1. The quantitative estimate of drug-likeness (QED) is 0.651. The van der Waals surface area contributed by atoms with E-state index in [2.05, 4.69) is 18.7 Å². The fraction of sp³-hybridized carbons (Fsp3) is 1.00. The van der Waals surface area contributed by atoms with E-state index in [0.29, 0.717) is 5.88 Å². The third kappa shape index (κ3) is 4.30. The van der Waals surface area contributed by atoms with E-state index in [1.54, 1.807) is 0 Å². The highest BCUT2D eigenvalue weighted by Crippen LogP contribution is 2.09. The van der Waals surface area contributed by atoms with Gasteiger partial charge in [-0.3, -0.25) is 4.90 Å². The van der Waals surface area contributed by atoms with Crippen LogP contribution in [0.3, 0.4) is 0 Å². The molecule has 0 amide bonds. The van der Waals surface area contributed by atoms with Crippen molar-refractivity contribution in [1.29, 1.82) is 0 Å². The molecule has 0 saturated carbocycles. The van der Waals surface area contributed by atoms with Crippen molar-refractivity contribution in [2.75, 3.05) is 32.1 Å². The molecular formula is C10H20ClNO. The van der Waals surface area contributed by atoms with Crippen LogP contribution < -0.4 is 0 Å². The lowest BCUT2D eigenvalue weighted by atomic mass is 10.1. The molecule has 2 nitrogen and oxygen atoms in total. The van der Waals surface area contributed by atoms with Crippen molar-refractivity contribution < 1.29 is 4.74 Å². The van der Waals surface area contributed by atoms with Gasteiger partial charge in [0.05, 0.1) is 12.7 Å². The van der Waals surface area contributed by atoms with Gasteiger partial charge < -0.3 is 4.74 Å². The topological polar surface area (TPSA) is 12.5 Å². The summed E-state index contributed by atoms with van der Waals surface area (Å²) in [7, 11) is 0. The van der Waals surface area contributed by atoms with E-state index >= 15 is 0 Å². The summed E-state index contributed by atoms with van der Waals surface area (Å²) in [6.45, 7) is 8.64. The summed E-state index contributed by atoms with van der Waals surface area (Å²) in [5, 5.41) is 0. The van der Waals surface area contributed by atoms with Gasteiger partial charge in [-0.15, -0.1) is 11.6 Å². The minimum absolute atomic E-state index is 0.252. The van der Waals surface area contributed by atoms with Crippen molar-refractivity contribution in [3.05, 3.63) is 0 Å². The Morgan fingerprint density at radius 1 is 1.54 bits per heavy atom. The molecule has 0 N–H and O–H groups in total. The summed E-state index contributed by atoms with van der Waals surface area (Å²) >= 11 is 5.76. The van der Waals surface area contributed by atoms with Crippen LogP contribution in [0.15, 0.2) is 0 Å². The van der Waals surface area contributed by atoms with E-state index in [1.165, 1.54) is 13.0 Å². The van der Waals surface area contributed by atoms with Crippen molar-refractivity contribution in [2.24, 2.45) is 5.92 Å². The molecule has 1 unspecified atom stereocenters. The zero-order chi connectivity index (χ0) is 9.68. The Kier molecular flexibility index (Phi) is 5.07. The first kappa shape index (κ1) is 11.3. The molecule has 1 saturated heterocycles. The van der Waals surface area contributed by atoms with Gasteiger partial charge in [0.1, 0.15) is 0 Å². The Hall–Kier alpha value is 0.210. The second kappa shape index (κ2) is 5.84. The van der Waals surface area contributed by atoms with Gasteiger partial charge in [-0.1, -0.05) is 13.8 Å². The molecule has 3 heteroatoms. The number of hydrogen-bond acceptors (Lipinski definition) is 2. The van der Waals surface area contributed by atoms with Gasteiger partial charge in [-0.25, -0.2) is 0 Å². The molecule has 0 spiro atoms. The van der Waals surface area contributed by atoms with Crippen LogP contribution in [0.4, 0.5) is 0 Å². The number of halogens is 1. The zero-order valence-electron chi connectivity index (χ0n) is 8.63. The molecule has 1 atom stereocenters. The van der Waals surface area contributed by atoms with Gasteiger partial charge in [0.25, 0.3) is 0 Å². The molecule has 1 heterocycles. The van der Waals surface area contributed by atoms with Crippen LogP contribution in [0.2, 0.25) is 0 Å². The van der Waals surface area contributed by atoms with E-state index in [9.17, 15) is 0 Å². The Labute approximate surface area is 86.2 Å². The van der Waals surface area contributed by atoms with Crippen LogP contribution in [0, 0.1) is 5.92 Å². The van der Waals surface area contributed by atoms with Gasteiger partial charge >= 0.3 is 0 Å². The number of ether oxygens (including phenoxy) is 1. The lowest BCUT2D eigenvalue weighted by Crippen LogP contribution is -2.43. The maximum Gasteiger partial charge on any atom is 0.0837 e. The first-order chi connectivity index (χ1) is 6.22. The minimum Gasteiger partial charge on any atom is -0.374 e. The van der Waals surface area contributed by atoms with Crippen molar-refractivity contribution in [2.45, 2.75) is 26.4 Å². The standard InChI is InChI=1S/C10H20ClNO/c1-9(2)3-4-12-5-6-13-10(7-11)8-12/h9-10H,3-8H2,1-2H3. The molecule has 1 aliphatic rings. The third-order valence-corrected chi connectivity index (χ3v) is 2.76. The highest BCUT2D eigenvalue weighted by molar-refractivity contribution is 6.18. The number of morpholine rings is 1. The molecule has 1 aliphatic heterocycles. The number of hydrogen-bond donors (Lipinski definition) is 0. The van der Waals surface area contributed by atoms with Crippen LogP contribution in [-0.4, -0.2) is 43.1 Å². The normalized spacial score (nSPS) is 25.4. The molecular weight excluding hydrogens is 186 g/mol. The summed E-state index contributed by atoms with van der Waals surface area (Å²) in [6.07, 6.45) is 1.53.